The van der Waals surface area contributed by atoms with E-state index in [0.717, 1.165) is 0 Å². The number of aliphatic hydroxyl groups excluding tert-OH is 4. The molecule has 1 rings (SSSR count). The Morgan fingerprint density at radius 2 is 1.65 bits per heavy atom. The van der Waals surface area contributed by atoms with Crippen LogP contribution in [0.1, 0.15) is 13.8 Å². The molecular weight excluding hydrogens is 230 g/mol. The Kier molecular flexibility index (Phi) is 4.85. The van der Waals surface area contributed by atoms with E-state index in [1.54, 1.807) is 13.8 Å². The summed E-state index contributed by atoms with van der Waals surface area (Å²) in [5.74, 6) is -2.10. The third-order valence-corrected chi connectivity index (χ3v) is 3.16. The Balaban J connectivity index is 2.97. The van der Waals surface area contributed by atoms with Gasteiger partial charge in [0.2, 0.25) is 0 Å². The molecule has 17 heavy (non-hydrogen) atoms. The molecule has 0 radical (unpaired) electrons. The van der Waals surface area contributed by atoms with E-state index in [2.05, 4.69) is 0 Å². The highest BCUT2D eigenvalue weighted by Crippen LogP contribution is 2.30. The average molecular weight is 251 g/mol. The van der Waals surface area contributed by atoms with Gasteiger partial charge in [0.15, 0.2) is 6.10 Å². The topological polar surface area (TPSA) is 114 Å². The minimum absolute atomic E-state index is 0.380. The van der Waals surface area contributed by atoms with Crippen molar-refractivity contribution in [2.24, 2.45) is 0 Å². The normalized spacial score (nSPS) is 43.1. The highest BCUT2D eigenvalue weighted by Gasteiger charge is 2.55. The SMILES string of the molecule is CCN(CC)C1(O)O[C@H](CO)[C@@H](O)[C@H](O)[C@H]1O. The highest BCUT2D eigenvalue weighted by molar-refractivity contribution is 4.95. The van der Waals surface area contributed by atoms with Crippen LogP contribution >= 0.6 is 0 Å². The Morgan fingerprint density at radius 3 is 2.06 bits per heavy atom. The molecule has 1 heterocycles. The van der Waals surface area contributed by atoms with Gasteiger partial charge in [-0.3, -0.25) is 4.90 Å². The molecule has 0 aliphatic carbocycles. The lowest BCUT2D eigenvalue weighted by Gasteiger charge is -2.49. The minimum atomic E-state index is -2.10. The summed E-state index contributed by atoms with van der Waals surface area (Å²) in [6.45, 7) is 3.70. The van der Waals surface area contributed by atoms with Gasteiger partial charge in [-0.2, -0.15) is 0 Å². The number of aliphatic hydroxyl groups is 5. The van der Waals surface area contributed by atoms with E-state index in [1.807, 2.05) is 0 Å². The molecule has 1 saturated heterocycles. The molecule has 0 saturated carbocycles. The predicted octanol–water partition coefficient (Wildman–Crippen LogP) is -2.55. The van der Waals surface area contributed by atoms with E-state index in [4.69, 9.17) is 9.84 Å². The van der Waals surface area contributed by atoms with Gasteiger partial charge in [0.25, 0.3) is 5.91 Å². The molecule has 7 nitrogen and oxygen atoms in total. The van der Waals surface area contributed by atoms with Crippen molar-refractivity contribution in [3.8, 4) is 0 Å². The van der Waals surface area contributed by atoms with Gasteiger partial charge in [-0.1, -0.05) is 13.8 Å². The van der Waals surface area contributed by atoms with Crippen LogP contribution in [0, 0.1) is 0 Å². The van der Waals surface area contributed by atoms with Gasteiger partial charge in [0, 0.05) is 13.1 Å². The molecule has 5 atom stereocenters. The van der Waals surface area contributed by atoms with Crippen LogP contribution in [0.4, 0.5) is 0 Å². The second-order valence-corrected chi connectivity index (χ2v) is 4.10. The number of hydrogen-bond acceptors (Lipinski definition) is 7. The van der Waals surface area contributed by atoms with Gasteiger partial charge < -0.3 is 30.3 Å². The van der Waals surface area contributed by atoms with Crippen molar-refractivity contribution in [1.29, 1.82) is 0 Å². The summed E-state index contributed by atoms with van der Waals surface area (Å²) in [4.78, 5) is 1.40. The van der Waals surface area contributed by atoms with Crippen molar-refractivity contribution < 1.29 is 30.3 Å². The lowest BCUT2D eigenvalue weighted by molar-refractivity contribution is -0.401. The van der Waals surface area contributed by atoms with E-state index in [9.17, 15) is 20.4 Å². The van der Waals surface area contributed by atoms with Gasteiger partial charge in [0.05, 0.1) is 6.61 Å². The highest BCUT2D eigenvalue weighted by atomic mass is 16.7. The van der Waals surface area contributed by atoms with E-state index in [-0.39, 0.29) is 0 Å². The quantitative estimate of drug-likeness (QED) is 0.349. The fraction of sp³-hybridized carbons (Fsp3) is 1.00. The summed E-state index contributed by atoms with van der Waals surface area (Å²) in [6.07, 6.45) is -5.82. The molecule has 1 unspecified atom stereocenters. The molecule has 0 aromatic rings. The van der Waals surface area contributed by atoms with Crippen molar-refractivity contribution in [2.45, 2.75) is 44.2 Å². The fourth-order valence-corrected chi connectivity index (χ4v) is 2.07. The van der Waals surface area contributed by atoms with E-state index in [1.165, 1.54) is 4.90 Å². The Hall–Kier alpha value is -0.280. The first kappa shape index (κ1) is 14.8. The average Bonchev–Trinajstić information content (AvgIpc) is 2.33. The molecule has 5 N–H and O–H groups in total. The zero-order valence-electron chi connectivity index (χ0n) is 10.0. The first-order chi connectivity index (χ1) is 7.92. The summed E-state index contributed by atoms with van der Waals surface area (Å²) >= 11 is 0. The maximum atomic E-state index is 10.3. The van der Waals surface area contributed by atoms with Crippen LogP contribution in [-0.2, 0) is 4.74 Å². The van der Waals surface area contributed by atoms with Crippen molar-refractivity contribution in [3.05, 3.63) is 0 Å². The monoisotopic (exact) mass is 251 g/mol. The molecule has 0 spiro atoms. The molecule has 0 amide bonds. The van der Waals surface area contributed by atoms with E-state index < -0.39 is 36.9 Å². The zero-order valence-corrected chi connectivity index (χ0v) is 10.0. The fourth-order valence-electron chi connectivity index (χ4n) is 2.07. The lowest BCUT2D eigenvalue weighted by Crippen LogP contribution is -2.71. The third-order valence-electron chi connectivity index (χ3n) is 3.16. The van der Waals surface area contributed by atoms with Crippen LogP contribution in [0.15, 0.2) is 0 Å². The number of nitrogens with zero attached hydrogens (tertiary/aromatic N) is 1. The maximum absolute atomic E-state index is 10.3. The van der Waals surface area contributed by atoms with E-state index in [0.29, 0.717) is 13.1 Å². The predicted molar refractivity (Wildman–Crippen MR) is 57.9 cm³/mol. The van der Waals surface area contributed by atoms with Crippen molar-refractivity contribution in [2.75, 3.05) is 19.7 Å². The molecule has 1 aliphatic heterocycles. The van der Waals surface area contributed by atoms with Gasteiger partial charge in [-0.25, -0.2) is 0 Å². The largest absolute Gasteiger partial charge is 0.394 e. The summed E-state index contributed by atoms with van der Waals surface area (Å²) in [5, 5.41) is 48.3. The number of hydrogen-bond donors (Lipinski definition) is 5. The van der Waals surface area contributed by atoms with Gasteiger partial charge in [-0.15, -0.1) is 0 Å². The summed E-state index contributed by atoms with van der Waals surface area (Å²) < 4.78 is 5.13. The van der Waals surface area contributed by atoms with Crippen LogP contribution < -0.4 is 0 Å². The molecule has 102 valence electrons. The first-order valence-corrected chi connectivity index (χ1v) is 5.72. The van der Waals surface area contributed by atoms with Crippen LogP contribution in [0.25, 0.3) is 0 Å². The molecule has 0 aromatic heterocycles. The molecule has 0 aromatic carbocycles. The second kappa shape index (κ2) is 5.57. The van der Waals surface area contributed by atoms with Gasteiger partial charge >= 0.3 is 0 Å². The smallest absolute Gasteiger partial charge is 0.258 e. The van der Waals surface area contributed by atoms with Crippen LogP contribution in [-0.4, -0.2) is 80.5 Å². The molecule has 1 aliphatic rings. The minimum Gasteiger partial charge on any atom is -0.394 e. The molecule has 0 bridgehead atoms. The lowest BCUT2D eigenvalue weighted by atomic mass is 9.96. The summed E-state index contributed by atoms with van der Waals surface area (Å²) in [7, 11) is 0. The van der Waals surface area contributed by atoms with E-state index >= 15 is 0 Å². The Labute approximate surface area is 99.9 Å². The van der Waals surface area contributed by atoms with Crippen molar-refractivity contribution >= 4 is 0 Å². The van der Waals surface area contributed by atoms with Crippen molar-refractivity contribution in [3.63, 3.8) is 0 Å². The Bertz CT molecular complexity index is 247. The number of ether oxygens (including phenoxy) is 1. The van der Waals surface area contributed by atoms with Gasteiger partial charge in [0.1, 0.15) is 18.3 Å². The molecular formula is C10H21NO6. The summed E-state index contributed by atoms with van der Waals surface area (Å²) in [6, 6.07) is 0. The second-order valence-electron chi connectivity index (χ2n) is 4.10. The third kappa shape index (κ3) is 2.45. The maximum Gasteiger partial charge on any atom is 0.258 e. The number of rotatable bonds is 4. The molecule has 7 heteroatoms. The molecule has 1 fully saturated rings. The standard InChI is InChI=1S/C10H21NO6/c1-3-11(4-2)10(16)9(15)8(14)7(13)6(5-12)17-10/h6-9,12-16H,3-5H2,1-2H3/t6-,7-,8+,9-,10?/m1/s1. The van der Waals surface area contributed by atoms with Crippen molar-refractivity contribution in [1.82, 2.24) is 4.90 Å². The first-order valence-electron chi connectivity index (χ1n) is 5.72. The van der Waals surface area contributed by atoms with Gasteiger partial charge in [-0.05, 0) is 0 Å². The Morgan fingerprint density at radius 1 is 1.12 bits per heavy atom. The van der Waals surface area contributed by atoms with Crippen LogP contribution in [0.3, 0.4) is 0 Å². The van der Waals surface area contributed by atoms with Crippen LogP contribution in [0.2, 0.25) is 0 Å². The zero-order chi connectivity index (χ0) is 13.2. The van der Waals surface area contributed by atoms with Crippen LogP contribution in [0.5, 0.6) is 0 Å². The summed E-state index contributed by atoms with van der Waals surface area (Å²) in [5.41, 5.74) is 0. The number of likely N-dealkylation sites (N-methyl/N-ethyl adjacent to an activating group) is 1.